The van der Waals surface area contributed by atoms with Gasteiger partial charge in [-0.2, -0.15) is 0 Å². The fraction of sp³-hybridized carbons (Fsp3) is 0.333. The molecule has 0 aliphatic heterocycles. The second-order valence-electron chi connectivity index (χ2n) is 3.59. The maximum atomic E-state index is 11.7. The van der Waals surface area contributed by atoms with E-state index in [2.05, 4.69) is 4.72 Å². The largest absolute Gasteiger partial charge is 0.450 e. The van der Waals surface area contributed by atoms with Gasteiger partial charge >= 0.3 is 7.48 Å². The Bertz CT molecular complexity index is 439. The lowest BCUT2D eigenvalue weighted by Crippen LogP contribution is -2.26. The molecule has 2 N–H and O–H groups in total. The Hall–Kier alpha value is -0.845. The summed E-state index contributed by atoms with van der Waals surface area (Å²) in [6, 6.07) is 6.18. The fourth-order valence-electron chi connectivity index (χ4n) is 1.22. The lowest BCUT2D eigenvalue weighted by atomic mass is 9.89. The topological polar surface area (TPSA) is 66.4 Å². The average molecular weight is 224 g/mol. The molecule has 0 bridgehead atoms. The van der Waals surface area contributed by atoms with E-state index in [9.17, 15) is 8.42 Å². The molecule has 2 rings (SSSR count). The Morgan fingerprint density at radius 1 is 1.27 bits per heavy atom. The van der Waals surface area contributed by atoms with E-state index in [1.165, 1.54) is 12.1 Å². The Labute approximate surface area is 89.6 Å². The van der Waals surface area contributed by atoms with Gasteiger partial charge in [-0.15, -0.1) is 0 Å². The molecular formula is C9H11BNO3S. The van der Waals surface area contributed by atoms with Crippen molar-refractivity contribution in [1.29, 1.82) is 0 Å². The third-order valence-electron chi connectivity index (χ3n) is 2.24. The van der Waals surface area contributed by atoms with Crippen LogP contribution < -0.4 is 10.2 Å². The van der Waals surface area contributed by atoms with Crippen LogP contribution in [0, 0.1) is 0 Å². The monoisotopic (exact) mass is 224 g/mol. The zero-order valence-electron chi connectivity index (χ0n) is 8.05. The van der Waals surface area contributed by atoms with Crippen LogP contribution in [0.4, 0.5) is 0 Å². The van der Waals surface area contributed by atoms with Crippen LogP contribution in [0.5, 0.6) is 0 Å². The van der Waals surface area contributed by atoms with Gasteiger partial charge in [-0.25, -0.2) is 13.1 Å². The molecule has 79 valence electrons. The lowest BCUT2D eigenvalue weighted by Gasteiger charge is -2.05. The maximum absolute atomic E-state index is 11.7. The second kappa shape index (κ2) is 3.96. The number of benzene rings is 1. The maximum Gasteiger partial charge on any atom is 0.326 e. The molecule has 15 heavy (non-hydrogen) atoms. The standard InChI is InChI=1S/C9H11BNO3S/c12-10-7-1-5-9(6-2-7)15(13,14)11-8-3-4-8/h1-2,5-6,8,11-12H,3-4H2. The molecular weight excluding hydrogens is 213 g/mol. The van der Waals surface area contributed by atoms with Crippen LogP contribution in [-0.2, 0) is 10.0 Å². The molecule has 1 aliphatic carbocycles. The first-order chi connectivity index (χ1) is 7.12. The summed E-state index contributed by atoms with van der Waals surface area (Å²) in [5.74, 6) is 0. The number of rotatable bonds is 4. The van der Waals surface area contributed by atoms with Gasteiger partial charge < -0.3 is 5.02 Å². The summed E-state index contributed by atoms with van der Waals surface area (Å²) >= 11 is 0. The molecule has 1 aromatic rings. The molecule has 0 atom stereocenters. The Morgan fingerprint density at radius 2 is 1.87 bits per heavy atom. The van der Waals surface area contributed by atoms with Crippen LogP contribution in [0.25, 0.3) is 0 Å². The zero-order valence-corrected chi connectivity index (χ0v) is 8.87. The Balaban J connectivity index is 2.19. The van der Waals surface area contributed by atoms with Gasteiger partial charge in [0.2, 0.25) is 10.0 Å². The lowest BCUT2D eigenvalue weighted by molar-refractivity contribution is 0.581. The summed E-state index contributed by atoms with van der Waals surface area (Å²) < 4.78 is 26.0. The molecule has 0 spiro atoms. The van der Waals surface area contributed by atoms with E-state index < -0.39 is 10.0 Å². The van der Waals surface area contributed by atoms with E-state index >= 15 is 0 Å². The van der Waals surface area contributed by atoms with Crippen molar-refractivity contribution in [3.05, 3.63) is 24.3 Å². The quantitative estimate of drug-likeness (QED) is 0.669. The SMILES string of the molecule is O=S(=O)(NC1CC1)c1ccc([B]O)cc1. The molecule has 1 radical (unpaired) electrons. The highest BCUT2D eigenvalue weighted by Crippen LogP contribution is 2.21. The van der Waals surface area contributed by atoms with Crippen LogP contribution in [0.15, 0.2) is 29.2 Å². The molecule has 6 heteroatoms. The van der Waals surface area contributed by atoms with Gasteiger partial charge in [0, 0.05) is 6.04 Å². The summed E-state index contributed by atoms with van der Waals surface area (Å²) in [7, 11) is -2.43. The normalized spacial score (nSPS) is 16.3. The zero-order chi connectivity index (χ0) is 10.9. The molecule has 1 aromatic carbocycles. The van der Waals surface area contributed by atoms with Crippen molar-refractivity contribution < 1.29 is 13.4 Å². The Morgan fingerprint density at radius 3 is 2.33 bits per heavy atom. The second-order valence-corrected chi connectivity index (χ2v) is 5.31. The highest BCUT2D eigenvalue weighted by atomic mass is 32.2. The molecule has 0 heterocycles. The summed E-state index contributed by atoms with van der Waals surface area (Å²) in [6.07, 6.45) is 1.84. The van der Waals surface area contributed by atoms with Gasteiger partial charge in [0.1, 0.15) is 0 Å². The van der Waals surface area contributed by atoms with Gasteiger partial charge in [0.05, 0.1) is 4.90 Å². The molecule has 0 unspecified atom stereocenters. The minimum absolute atomic E-state index is 0.110. The van der Waals surface area contributed by atoms with Crippen LogP contribution in [0.3, 0.4) is 0 Å². The van der Waals surface area contributed by atoms with Crippen LogP contribution in [0.2, 0.25) is 0 Å². The first-order valence-corrected chi connectivity index (χ1v) is 6.20. The number of hydrogen-bond acceptors (Lipinski definition) is 3. The van der Waals surface area contributed by atoms with Crippen LogP contribution >= 0.6 is 0 Å². The van der Waals surface area contributed by atoms with Gasteiger partial charge in [0.15, 0.2) is 0 Å². The first-order valence-electron chi connectivity index (χ1n) is 4.71. The summed E-state index contributed by atoms with van der Waals surface area (Å²) in [5.41, 5.74) is 0.584. The van der Waals surface area contributed by atoms with Gasteiger partial charge in [0.25, 0.3) is 0 Å². The highest BCUT2D eigenvalue weighted by molar-refractivity contribution is 7.89. The molecule has 0 amide bonds. The van der Waals surface area contributed by atoms with Crippen molar-refractivity contribution in [1.82, 2.24) is 4.72 Å². The number of hydrogen-bond donors (Lipinski definition) is 2. The van der Waals surface area contributed by atoms with Crippen molar-refractivity contribution >= 4 is 23.0 Å². The van der Waals surface area contributed by atoms with Crippen molar-refractivity contribution in [2.75, 3.05) is 0 Å². The molecule has 1 saturated carbocycles. The van der Waals surface area contributed by atoms with Crippen LogP contribution in [-0.4, -0.2) is 27.0 Å². The number of nitrogens with one attached hydrogen (secondary N) is 1. The Kier molecular flexibility index (Phi) is 2.82. The van der Waals surface area contributed by atoms with E-state index in [4.69, 9.17) is 5.02 Å². The fourth-order valence-corrected chi connectivity index (χ4v) is 2.53. The molecule has 1 fully saturated rings. The van der Waals surface area contributed by atoms with Gasteiger partial charge in [-0.3, -0.25) is 0 Å². The molecule has 0 aromatic heterocycles. The average Bonchev–Trinajstić information content (AvgIpc) is 3.01. The van der Waals surface area contributed by atoms with Crippen molar-refractivity contribution in [3.63, 3.8) is 0 Å². The minimum Gasteiger partial charge on any atom is -0.450 e. The highest BCUT2D eigenvalue weighted by Gasteiger charge is 2.27. The summed E-state index contributed by atoms with van der Waals surface area (Å²) in [6.45, 7) is 0. The number of sulfonamides is 1. The van der Waals surface area contributed by atoms with Gasteiger partial charge in [-0.05, 0) is 25.0 Å². The van der Waals surface area contributed by atoms with Crippen molar-refractivity contribution in [3.8, 4) is 0 Å². The predicted molar refractivity (Wildman–Crippen MR) is 57.4 cm³/mol. The minimum atomic E-state index is -3.37. The van der Waals surface area contributed by atoms with E-state index in [0.29, 0.717) is 5.46 Å². The van der Waals surface area contributed by atoms with Crippen molar-refractivity contribution in [2.24, 2.45) is 0 Å². The third-order valence-corrected chi connectivity index (χ3v) is 3.78. The predicted octanol–water partition coefficient (Wildman–Crippen LogP) is -0.636. The van der Waals surface area contributed by atoms with Crippen LogP contribution in [0.1, 0.15) is 12.8 Å². The van der Waals surface area contributed by atoms with E-state index in [0.717, 1.165) is 20.3 Å². The van der Waals surface area contributed by atoms with E-state index in [1.807, 2.05) is 0 Å². The summed E-state index contributed by atoms with van der Waals surface area (Å²) in [4.78, 5) is 0.236. The van der Waals surface area contributed by atoms with E-state index in [-0.39, 0.29) is 10.9 Å². The van der Waals surface area contributed by atoms with Crippen molar-refractivity contribution in [2.45, 2.75) is 23.8 Å². The van der Waals surface area contributed by atoms with Gasteiger partial charge in [-0.1, -0.05) is 17.6 Å². The molecule has 4 nitrogen and oxygen atoms in total. The third kappa shape index (κ3) is 2.59. The first kappa shape index (κ1) is 10.7. The molecule has 0 saturated heterocycles. The summed E-state index contributed by atoms with van der Waals surface area (Å²) in [5, 5.41) is 8.70. The smallest absolute Gasteiger partial charge is 0.326 e. The van der Waals surface area contributed by atoms with E-state index in [1.54, 1.807) is 12.1 Å². The molecule has 1 aliphatic rings.